The summed E-state index contributed by atoms with van der Waals surface area (Å²) in [5, 5.41) is 0. The molecule has 1 fully saturated rings. The van der Waals surface area contributed by atoms with Gasteiger partial charge in [-0.3, -0.25) is 4.79 Å². The van der Waals surface area contributed by atoms with E-state index in [9.17, 15) is 9.59 Å². The molecule has 3 rings (SSSR count). The lowest BCUT2D eigenvalue weighted by atomic mass is 10.1. The van der Waals surface area contributed by atoms with Crippen LogP contribution in [-0.2, 0) is 14.3 Å². The lowest BCUT2D eigenvalue weighted by Gasteiger charge is -2.30. The minimum atomic E-state index is -0.964. The van der Waals surface area contributed by atoms with Crippen LogP contribution < -0.4 is 9.47 Å². The van der Waals surface area contributed by atoms with E-state index in [1.54, 1.807) is 55.5 Å². The van der Waals surface area contributed by atoms with Crippen molar-refractivity contribution < 1.29 is 23.8 Å². The average Bonchev–Trinajstić information content (AvgIpc) is 2.81. The predicted octanol–water partition coefficient (Wildman–Crippen LogP) is 4.01. The van der Waals surface area contributed by atoms with Crippen LogP contribution in [0.25, 0.3) is 6.08 Å². The molecule has 6 heteroatoms. The van der Waals surface area contributed by atoms with E-state index in [-0.39, 0.29) is 5.91 Å². The molecule has 0 unspecified atom stereocenters. The van der Waals surface area contributed by atoms with Gasteiger partial charge in [0.15, 0.2) is 0 Å². The molecule has 1 heterocycles. The topological polar surface area (TPSA) is 65.1 Å². The predicted molar refractivity (Wildman–Crippen MR) is 114 cm³/mol. The van der Waals surface area contributed by atoms with Crippen molar-refractivity contribution in [3.05, 3.63) is 65.7 Å². The quantitative estimate of drug-likeness (QED) is 0.511. The molecule has 0 saturated carbocycles. The fraction of sp³-hybridized carbons (Fsp3) is 0.333. The molecule has 158 valence electrons. The third-order valence-corrected chi connectivity index (χ3v) is 5.06. The second-order valence-electron chi connectivity index (χ2n) is 7.05. The maximum Gasteiger partial charge on any atom is 0.331 e. The Hall–Kier alpha value is -3.28. The second-order valence-corrected chi connectivity index (χ2v) is 7.05. The fourth-order valence-corrected chi connectivity index (χ4v) is 3.45. The van der Waals surface area contributed by atoms with E-state index in [0.717, 1.165) is 19.3 Å². The normalized spacial score (nSPS) is 14.9. The zero-order chi connectivity index (χ0) is 21.3. The van der Waals surface area contributed by atoms with Gasteiger partial charge in [-0.25, -0.2) is 4.79 Å². The van der Waals surface area contributed by atoms with Crippen molar-refractivity contribution in [1.82, 2.24) is 4.90 Å². The summed E-state index contributed by atoms with van der Waals surface area (Å²) in [6, 6.07) is 14.4. The van der Waals surface area contributed by atoms with Crippen molar-refractivity contribution >= 4 is 18.0 Å². The highest BCUT2D eigenvalue weighted by atomic mass is 16.5. The number of likely N-dealkylation sites (tertiary alicyclic amines) is 1. The number of ether oxygens (including phenoxy) is 3. The van der Waals surface area contributed by atoms with Gasteiger partial charge in [0, 0.05) is 30.3 Å². The largest absolute Gasteiger partial charge is 0.497 e. The third-order valence-electron chi connectivity index (χ3n) is 5.06. The Morgan fingerprint density at radius 2 is 1.70 bits per heavy atom. The molecule has 1 aliphatic rings. The number of carbonyl (C=O) groups is 2. The Bertz CT molecular complexity index is 888. The van der Waals surface area contributed by atoms with Gasteiger partial charge in [-0.15, -0.1) is 0 Å². The molecular formula is C24H27NO5. The van der Waals surface area contributed by atoms with Gasteiger partial charge in [-0.1, -0.05) is 30.3 Å². The number of piperidine rings is 1. The minimum Gasteiger partial charge on any atom is -0.497 e. The van der Waals surface area contributed by atoms with Gasteiger partial charge in [-0.2, -0.15) is 0 Å². The molecule has 1 aliphatic heterocycles. The van der Waals surface area contributed by atoms with Crippen molar-refractivity contribution in [1.29, 1.82) is 0 Å². The van der Waals surface area contributed by atoms with Crippen LogP contribution in [0.2, 0.25) is 0 Å². The summed E-state index contributed by atoms with van der Waals surface area (Å²) in [6.45, 7) is 1.38. The lowest BCUT2D eigenvalue weighted by molar-refractivity contribution is -0.157. The summed E-state index contributed by atoms with van der Waals surface area (Å²) in [7, 11) is 3.13. The van der Waals surface area contributed by atoms with Crippen molar-refractivity contribution in [2.45, 2.75) is 25.4 Å². The maximum absolute atomic E-state index is 13.1. The Balaban J connectivity index is 1.78. The van der Waals surface area contributed by atoms with E-state index < -0.39 is 12.1 Å². The van der Waals surface area contributed by atoms with E-state index in [4.69, 9.17) is 14.2 Å². The van der Waals surface area contributed by atoms with E-state index >= 15 is 0 Å². The first-order valence-electron chi connectivity index (χ1n) is 10.1. The highest BCUT2D eigenvalue weighted by molar-refractivity contribution is 5.91. The summed E-state index contributed by atoms with van der Waals surface area (Å²) >= 11 is 0. The monoisotopic (exact) mass is 409 g/mol. The van der Waals surface area contributed by atoms with Gasteiger partial charge in [0.05, 0.1) is 14.2 Å². The van der Waals surface area contributed by atoms with Crippen molar-refractivity contribution in [2.75, 3.05) is 27.3 Å². The molecule has 1 atom stereocenters. The first-order chi connectivity index (χ1) is 14.6. The van der Waals surface area contributed by atoms with Gasteiger partial charge in [0.1, 0.15) is 11.5 Å². The van der Waals surface area contributed by atoms with E-state index in [0.29, 0.717) is 35.7 Å². The molecule has 1 amide bonds. The summed E-state index contributed by atoms with van der Waals surface area (Å²) < 4.78 is 16.2. The average molecular weight is 409 g/mol. The second kappa shape index (κ2) is 10.5. The summed E-state index contributed by atoms with van der Waals surface area (Å²) in [6.07, 6.45) is 4.99. The molecule has 30 heavy (non-hydrogen) atoms. The van der Waals surface area contributed by atoms with Crippen LogP contribution >= 0.6 is 0 Å². The number of nitrogens with zero attached hydrogens (tertiary/aromatic N) is 1. The maximum atomic E-state index is 13.1. The number of benzene rings is 2. The van der Waals surface area contributed by atoms with Gasteiger partial charge in [0.2, 0.25) is 6.10 Å². The van der Waals surface area contributed by atoms with Crippen LogP contribution in [0.15, 0.2) is 54.6 Å². The number of hydrogen-bond donors (Lipinski definition) is 0. The third kappa shape index (κ3) is 5.41. The van der Waals surface area contributed by atoms with Crippen molar-refractivity contribution in [3.8, 4) is 11.5 Å². The Morgan fingerprint density at radius 1 is 0.967 bits per heavy atom. The summed E-state index contributed by atoms with van der Waals surface area (Å²) in [5.74, 6) is 0.468. The smallest absolute Gasteiger partial charge is 0.331 e. The molecule has 2 aromatic carbocycles. The van der Waals surface area contributed by atoms with Gasteiger partial charge in [-0.05, 0) is 43.5 Å². The van der Waals surface area contributed by atoms with Crippen molar-refractivity contribution in [2.24, 2.45) is 0 Å². The van der Waals surface area contributed by atoms with Gasteiger partial charge >= 0.3 is 5.97 Å². The Morgan fingerprint density at radius 3 is 2.37 bits per heavy atom. The highest BCUT2D eigenvalue weighted by Gasteiger charge is 2.29. The van der Waals surface area contributed by atoms with Crippen LogP contribution in [0.5, 0.6) is 11.5 Å². The number of esters is 1. The number of amides is 1. The molecule has 1 saturated heterocycles. The Kier molecular flexibility index (Phi) is 7.49. The SMILES string of the molecule is COc1ccc(OC)c(/C=C/C(=O)O[C@@H](C(=O)N2CCCCC2)c2ccccc2)c1. The fourth-order valence-electron chi connectivity index (χ4n) is 3.45. The van der Waals surface area contributed by atoms with Crippen LogP contribution in [0, 0.1) is 0 Å². The molecular weight excluding hydrogens is 382 g/mol. The van der Waals surface area contributed by atoms with Crippen molar-refractivity contribution in [3.63, 3.8) is 0 Å². The molecule has 6 nitrogen and oxygen atoms in total. The van der Waals surface area contributed by atoms with Crippen LogP contribution in [-0.4, -0.2) is 44.1 Å². The number of carbonyl (C=O) groups excluding carboxylic acids is 2. The molecule has 0 aliphatic carbocycles. The highest BCUT2D eigenvalue weighted by Crippen LogP contribution is 2.26. The van der Waals surface area contributed by atoms with E-state index in [1.807, 2.05) is 18.2 Å². The molecule has 0 bridgehead atoms. The summed E-state index contributed by atoms with van der Waals surface area (Å²) in [4.78, 5) is 27.5. The number of rotatable bonds is 7. The minimum absolute atomic E-state index is 0.179. The van der Waals surface area contributed by atoms with E-state index in [2.05, 4.69) is 0 Å². The molecule has 0 aromatic heterocycles. The standard InChI is InChI=1S/C24H27NO5/c1-28-20-12-13-21(29-2)19(17-20)11-14-22(26)30-23(18-9-5-3-6-10-18)24(27)25-15-7-4-8-16-25/h3,5-6,9-14,17,23H,4,7-8,15-16H2,1-2H3/b14-11+/t23-/m1/s1. The van der Waals surface area contributed by atoms with Gasteiger partial charge < -0.3 is 19.1 Å². The van der Waals surface area contributed by atoms with Crippen LogP contribution in [0.1, 0.15) is 36.5 Å². The van der Waals surface area contributed by atoms with Crippen LogP contribution in [0.3, 0.4) is 0 Å². The summed E-state index contributed by atoms with van der Waals surface area (Å²) in [5.41, 5.74) is 1.33. The Labute approximate surface area is 177 Å². The molecule has 0 radical (unpaired) electrons. The van der Waals surface area contributed by atoms with Crippen LogP contribution in [0.4, 0.5) is 0 Å². The number of hydrogen-bond acceptors (Lipinski definition) is 5. The first-order valence-corrected chi connectivity index (χ1v) is 10.1. The number of methoxy groups -OCH3 is 2. The van der Waals surface area contributed by atoms with Gasteiger partial charge in [0.25, 0.3) is 5.91 Å². The first kappa shape index (κ1) is 21.4. The zero-order valence-corrected chi connectivity index (χ0v) is 17.4. The molecule has 2 aromatic rings. The molecule has 0 N–H and O–H groups in total. The zero-order valence-electron chi connectivity index (χ0n) is 17.4. The molecule has 0 spiro atoms. The van der Waals surface area contributed by atoms with E-state index in [1.165, 1.54) is 6.08 Å². The lowest BCUT2D eigenvalue weighted by Crippen LogP contribution is -2.40.